The predicted octanol–water partition coefficient (Wildman–Crippen LogP) is 3.57. The SMILES string of the molecule is ON=C(C#Cc1ccccc1)c1ccc(Cl)cc1. The van der Waals surface area contributed by atoms with E-state index < -0.39 is 0 Å². The van der Waals surface area contributed by atoms with Crippen molar-refractivity contribution in [2.24, 2.45) is 5.16 Å². The molecule has 0 amide bonds. The van der Waals surface area contributed by atoms with Crippen LogP contribution in [0.15, 0.2) is 59.8 Å². The smallest absolute Gasteiger partial charge is 0.159 e. The van der Waals surface area contributed by atoms with Gasteiger partial charge in [-0.2, -0.15) is 0 Å². The van der Waals surface area contributed by atoms with E-state index >= 15 is 0 Å². The number of hydrogen-bond donors (Lipinski definition) is 1. The Bertz CT molecular complexity index is 606. The number of halogens is 1. The Kier molecular flexibility index (Phi) is 4.01. The van der Waals surface area contributed by atoms with Crippen LogP contribution >= 0.6 is 11.6 Å². The molecule has 1 N–H and O–H groups in total. The van der Waals surface area contributed by atoms with Crippen LogP contribution in [0.3, 0.4) is 0 Å². The van der Waals surface area contributed by atoms with Crippen molar-refractivity contribution in [3.05, 3.63) is 70.7 Å². The van der Waals surface area contributed by atoms with Crippen LogP contribution < -0.4 is 0 Å². The third-order valence-electron chi connectivity index (χ3n) is 2.32. The highest BCUT2D eigenvalue weighted by atomic mass is 35.5. The quantitative estimate of drug-likeness (QED) is 0.359. The first-order valence-corrected chi connectivity index (χ1v) is 5.72. The molecule has 0 aromatic heterocycles. The highest BCUT2D eigenvalue weighted by Crippen LogP contribution is 2.10. The van der Waals surface area contributed by atoms with Gasteiger partial charge in [-0.15, -0.1) is 0 Å². The van der Waals surface area contributed by atoms with Gasteiger partial charge in [0.2, 0.25) is 0 Å². The molecule has 0 unspecified atom stereocenters. The monoisotopic (exact) mass is 255 g/mol. The summed E-state index contributed by atoms with van der Waals surface area (Å²) in [4.78, 5) is 0. The molecule has 3 heteroatoms. The van der Waals surface area contributed by atoms with Gasteiger partial charge in [0.05, 0.1) is 0 Å². The number of oxime groups is 1. The van der Waals surface area contributed by atoms with Crippen LogP contribution in [0.5, 0.6) is 0 Å². The van der Waals surface area contributed by atoms with Gasteiger partial charge < -0.3 is 5.21 Å². The average Bonchev–Trinajstić information content (AvgIpc) is 2.42. The van der Waals surface area contributed by atoms with Gasteiger partial charge in [-0.3, -0.25) is 0 Å². The molecule has 2 rings (SSSR count). The van der Waals surface area contributed by atoms with Gasteiger partial charge in [0.25, 0.3) is 0 Å². The third-order valence-corrected chi connectivity index (χ3v) is 2.57. The summed E-state index contributed by atoms with van der Waals surface area (Å²) in [5.41, 5.74) is 1.91. The summed E-state index contributed by atoms with van der Waals surface area (Å²) in [5, 5.41) is 12.8. The minimum absolute atomic E-state index is 0.315. The van der Waals surface area contributed by atoms with Crippen LogP contribution in [0.25, 0.3) is 0 Å². The Hall–Kier alpha value is -2.24. The van der Waals surface area contributed by atoms with Gasteiger partial charge in [-0.1, -0.05) is 53.0 Å². The van der Waals surface area contributed by atoms with Gasteiger partial charge in [0, 0.05) is 16.1 Å². The molecule has 2 aromatic rings. The van der Waals surface area contributed by atoms with Crippen molar-refractivity contribution >= 4 is 17.3 Å². The van der Waals surface area contributed by atoms with E-state index in [1.807, 2.05) is 30.3 Å². The summed E-state index contributed by atoms with van der Waals surface area (Å²) >= 11 is 5.79. The molecule has 0 aliphatic carbocycles. The van der Waals surface area contributed by atoms with Gasteiger partial charge in [0.15, 0.2) is 5.71 Å². The molecule has 0 aliphatic rings. The summed E-state index contributed by atoms with van der Waals surface area (Å²) in [6.07, 6.45) is 0. The molecule has 0 saturated carbocycles. The summed E-state index contributed by atoms with van der Waals surface area (Å²) in [6, 6.07) is 16.5. The van der Waals surface area contributed by atoms with Crippen LogP contribution in [-0.4, -0.2) is 10.9 Å². The fourth-order valence-electron chi connectivity index (χ4n) is 1.42. The van der Waals surface area contributed by atoms with E-state index in [1.54, 1.807) is 24.3 Å². The molecule has 0 fully saturated rings. The Balaban J connectivity index is 2.27. The first-order chi connectivity index (χ1) is 8.79. The Morgan fingerprint density at radius 3 is 2.28 bits per heavy atom. The molecule has 0 radical (unpaired) electrons. The maximum Gasteiger partial charge on any atom is 0.159 e. The molecule has 0 atom stereocenters. The van der Waals surface area contributed by atoms with Crippen molar-refractivity contribution in [3.63, 3.8) is 0 Å². The van der Waals surface area contributed by atoms with Crippen LogP contribution in [0, 0.1) is 11.8 Å². The normalized spacial score (nSPS) is 10.6. The first-order valence-electron chi connectivity index (χ1n) is 5.34. The van der Waals surface area contributed by atoms with Crippen molar-refractivity contribution in [1.29, 1.82) is 0 Å². The topological polar surface area (TPSA) is 32.6 Å². The average molecular weight is 256 g/mol. The van der Waals surface area contributed by atoms with E-state index in [4.69, 9.17) is 16.8 Å². The molecular formula is C15H10ClNO. The zero-order chi connectivity index (χ0) is 12.8. The summed E-state index contributed by atoms with van der Waals surface area (Å²) in [6.45, 7) is 0. The highest BCUT2D eigenvalue weighted by molar-refractivity contribution is 6.30. The second kappa shape index (κ2) is 5.90. The minimum atomic E-state index is 0.315. The fraction of sp³-hybridized carbons (Fsp3) is 0. The zero-order valence-corrected chi connectivity index (χ0v) is 10.2. The van der Waals surface area contributed by atoms with Crippen LogP contribution in [0.1, 0.15) is 11.1 Å². The third kappa shape index (κ3) is 3.13. The van der Waals surface area contributed by atoms with E-state index in [2.05, 4.69) is 17.0 Å². The van der Waals surface area contributed by atoms with Crippen molar-refractivity contribution in [2.45, 2.75) is 0 Å². The first kappa shape index (κ1) is 12.2. The molecule has 0 saturated heterocycles. The molecule has 0 heterocycles. The van der Waals surface area contributed by atoms with E-state index in [0.717, 1.165) is 11.1 Å². The standard InChI is InChI=1S/C15H10ClNO/c16-14-9-7-13(8-10-14)15(17-18)11-6-12-4-2-1-3-5-12/h1-5,7-10,18H. The van der Waals surface area contributed by atoms with E-state index in [1.165, 1.54) is 0 Å². The minimum Gasteiger partial charge on any atom is -0.410 e. The van der Waals surface area contributed by atoms with Crippen LogP contribution in [-0.2, 0) is 0 Å². The molecule has 0 aliphatic heterocycles. The summed E-state index contributed by atoms with van der Waals surface area (Å²) in [5.74, 6) is 5.76. The van der Waals surface area contributed by atoms with Crippen molar-refractivity contribution in [2.75, 3.05) is 0 Å². The maximum absolute atomic E-state index is 8.98. The molecule has 88 valence electrons. The molecular weight excluding hydrogens is 246 g/mol. The number of nitrogens with zero attached hydrogens (tertiary/aromatic N) is 1. The highest BCUT2D eigenvalue weighted by Gasteiger charge is 2.00. The number of hydrogen-bond acceptors (Lipinski definition) is 2. The molecule has 0 bridgehead atoms. The van der Waals surface area contributed by atoms with Gasteiger partial charge >= 0.3 is 0 Å². The van der Waals surface area contributed by atoms with Crippen molar-refractivity contribution in [1.82, 2.24) is 0 Å². The van der Waals surface area contributed by atoms with Crippen molar-refractivity contribution in [3.8, 4) is 11.8 Å². The number of benzene rings is 2. The molecule has 0 spiro atoms. The maximum atomic E-state index is 8.98. The van der Waals surface area contributed by atoms with Gasteiger partial charge in [-0.05, 0) is 30.2 Å². The second-order valence-electron chi connectivity index (χ2n) is 3.57. The zero-order valence-electron chi connectivity index (χ0n) is 9.47. The van der Waals surface area contributed by atoms with Crippen LogP contribution in [0.4, 0.5) is 0 Å². The van der Waals surface area contributed by atoms with E-state index in [-0.39, 0.29) is 0 Å². The lowest BCUT2D eigenvalue weighted by molar-refractivity contribution is 0.320. The van der Waals surface area contributed by atoms with Crippen LogP contribution in [0.2, 0.25) is 5.02 Å². The summed E-state index contributed by atoms with van der Waals surface area (Å²) in [7, 11) is 0. The summed E-state index contributed by atoms with van der Waals surface area (Å²) < 4.78 is 0. The largest absolute Gasteiger partial charge is 0.410 e. The van der Waals surface area contributed by atoms with Crippen molar-refractivity contribution < 1.29 is 5.21 Å². The lowest BCUT2D eigenvalue weighted by Gasteiger charge is -1.96. The molecule has 2 aromatic carbocycles. The number of rotatable bonds is 1. The Morgan fingerprint density at radius 1 is 1.00 bits per heavy atom. The van der Waals surface area contributed by atoms with E-state index in [9.17, 15) is 0 Å². The second-order valence-corrected chi connectivity index (χ2v) is 4.01. The lowest BCUT2D eigenvalue weighted by atomic mass is 10.1. The van der Waals surface area contributed by atoms with Gasteiger partial charge in [-0.25, -0.2) is 0 Å². The lowest BCUT2D eigenvalue weighted by Crippen LogP contribution is -1.96. The molecule has 2 nitrogen and oxygen atoms in total. The van der Waals surface area contributed by atoms with Gasteiger partial charge in [0.1, 0.15) is 0 Å². The predicted molar refractivity (Wildman–Crippen MR) is 73.1 cm³/mol. The molecule has 18 heavy (non-hydrogen) atoms. The van der Waals surface area contributed by atoms with E-state index in [0.29, 0.717) is 10.7 Å². The Labute approximate surface area is 111 Å². The Morgan fingerprint density at radius 2 is 1.67 bits per heavy atom. The fourth-order valence-corrected chi connectivity index (χ4v) is 1.54.